The van der Waals surface area contributed by atoms with Crippen molar-refractivity contribution in [2.24, 2.45) is 0 Å². The van der Waals surface area contributed by atoms with Gasteiger partial charge in [0.25, 0.3) is 0 Å². The first-order valence-electron chi connectivity index (χ1n) is 5.53. The van der Waals surface area contributed by atoms with Crippen molar-refractivity contribution in [1.82, 2.24) is 9.55 Å². The fraction of sp³-hybridized carbons (Fsp3) is 0. The standard InChI is InChI=1S/C13H6F3IN2S/c14-6-1-4-10(8(17)5-6)19-12-9(18-13(19)20)3-2-7(15)11(12)16/h1-5H,(H,18,20). The minimum atomic E-state index is -0.991. The molecule has 1 heterocycles. The van der Waals surface area contributed by atoms with Gasteiger partial charge in [0.05, 0.1) is 11.2 Å². The van der Waals surface area contributed by atoms with Gasteiger partial charge in [-0.1, -0.05) is 0 Å². The Labute approximate surface area is 130 Å². The zero-order valence-electron chi connectivity index (χ0n) is 9.75. The second-order valence-electron chi connectivity index (χ2n) is 4.12. The van der Waals surface area contributed by atoms with Crippen LogP contribution in [-0.2, 0) is 0 Å². The molecule has 0 spiro atoms. The van der Waals surface area contributed by atoms with E-state index in [2.05, 4.69) is 4.98 Å². The summed E-state index contributed by atoms with van der Waals surface area (Å²) in [6, 6.07) is 6.47. The number of hydrogen-bond donors (Lipinski definition) is 1. The fourth-order valence-corrected chi connectivity index (χ4v) is 3.04. The maximum Gasteiger partial charge on any atom is 0.184 e. The van der Waals surface area contributed by atoms with E-state index in [1.165, 1.54) is 28.8 Å². The zero-order chi connectivity index (χ0) is 14.4. The molecule has 0 atom stereocenters. The monoisotopic (exact) mass is 406 g/mol. The van der Waals surface area contributed by atoms with Crippen molar-refractivity contribution in [2.45, 2.75) is 0 Å². The van der Waals surface area contributed by atoms with Gasteiger partial charge in [0, 0.05) is 3.57 Å². The predicted molar refractivity (Wildman–Crippen MR) is 81.1 cm³/mol. The summed E-state index contributed by atoms with van der Waals surface area (Å²) in [7, 11) is 0. The van der Waals surface area contributed by atoms with E-state index >= 15 is 0 Å². The molecule has 0 saturated heterocycles. The van der Waals surface area contributed by atoms with Crippen LogP contribution in [-0.4, -0.2) is 9.55 Å². The molecule has 2 aromatic carbocycles. The van der Waals surface area contributed by atoms with Gasteiger partial charge in [-0.2, -0.15) is 0 Å². The minimum absolute atomic E-state index is 0.0134. The molecule has 20 heavy (non-hydrogen) atoms. The van der Waals surface area contributed by atoms with Gasteiger partial charge in [-0.15, -0.1) is 0 Å². The van der Waals surface area contributed by atoms with Gasteiger partial charge in [0.15, 0.2) is 16.4 Å². The van der Waals surface area contributed by atoms with Crippen LogP contribution in [0.2, 0.25) is 0 Å². The van der Waals surface area contributed by atoms with Crippen LogP contribution in [0.25, 0.3) is 16.7 Å². The Morgan fingerprint density at radius 1 is 1.10 bits per heavy atom. The summed E-state index contributed by atoms with van der Waals surface area (Å²) in [5, 5.41) is 0. The maximum atomic E-state index is 14.0. The average Bonchev–Trinajstić information content (AvgIpc) is 2.72. The van der Waals surface area contributed by atoms with Gasteiger partial charge >= 0.3 is 0 Å². The highest BCUT2D eigenvalue weighted by atomic mass is 127. The SMILES string of the molecule is Fc1ccc(-n2c(=S)[nH]c3ccc(F)c(F)c32)c(I)c1. The third-order valence-electron chi connectivity index (χ3n) is 2.89. The Hall–Kier alpha value is -1.35. The third-order valence-corrected chi connectivity index (χ3v) is 4.04. The van der Waals surface area contributed by atoms with Gasteiger partial charge < -0.3 is 4.98 Å². The number of nitrogens with one attached hydrogen (secondary N) is 1. The number of hydrogen-bond acceptors (Lipinski definition) is 1. The lowest BCUT2D eigenvalue weighted by Gasteiger charge is -2.08. The molecule has 0 amide bonds. The van der Waals surface area contributed by atoms with Crippen LogP contribution in [0.1, 0.15) is 0 Å². The molecule has 1 aromatic heterocycles. The molecule has 0 fully saturated rings. The number of benzene rings is 2. The largest absolute Gasteiger partial charge is 0.330 e. The summed E-state index contributed by atoms with van der Waals surface area (Å²) in [4.78, 5) is 2.81. The normalized spacial score (nSPS) is 11.2. The molecule has 1 N–H and O–H groups in total. The van der Waals surface area contributed by atoms with E-state index in [9.17, 15) is 13.2 Å². The molecule has 0 aliphatic rings. The van der Waals surface area contributed by atoms with Gasteiger partial charge in [0.2, 0.25) is 0 Å². The minimum Gasteiger partial charge on any atom is -0.330 e. The van der Waals surface area contributed by atoms with Crippen LogP contribution in [0.5, 0.6) is 0 Å². The maximum absolute atomic E-state index is 14.0. The highest BCUT2D eigenvalue weighted by Gasteiger charge is 2.16. The summed E-state index contributed by atoms with van der Waals surface area (Å²) in [6.07, 6.45) is 0. The van der Waals surface area contributed by atoms with E-state index in [0.717, 1.165) is 6.07 Å². The van der Waals surface area contributed by atoms with Crippen molar-refractivity contribution >= 4 is 45.8 Å². The van der Waals surface area contributed by atoms with Gasteiger partial charge in [-0.3, -0.25) is 4.57 Å². The van der Waals surface area contributed by atoms with Gasteiger partial charge in [-0.25, -0.2) is 13.2 Å². The fourth-order valence-electron chi connectivity index (χ4n) is 2.02. The lowest BCUT2D eigenvalue weighted by Crippen LogP contribution is -2.00. The molecule has 0 unspecified atom stereocenters. The first-order chi connectivity index (χ1) is 9.49. The molecule has 2 nitrogen and oxygen atoms in total. The number of rotatable bonds is 1. The van der Waals surface area contributed by atoms with Crippen molar-refractivity contribution in [1.29, 1.82) is 0 Å². The summed E-state index contributed by atoms with van der Waals surface area (Å²) in [5.41, 5.74) is 0.890. The first kappa shape index (κ1) is 13.6. The third kappa shape index (κ3) is 2.05. The number of imidazole rings is 1. The van der Waals surface area contributed by atoms with E-state index in [1.54, 1.807) is 0 Å². The molecule has 0 bridgehead atoms. The van der Waals surface area contributed by atoms with Crippen molar-refractivity contribution in [3.63, 3.8) is 0 Å². The Morgan fingerprint density at radius 2 is 1.85 bits per heavy atom. The molecular weight excluding hydrogens is 400 g/mol. The molecule has 3 aromatic rings. The second kappa shape index (κ2) is 4.88. The van der Waals surface area contributed by atoms with Crippen LogP contribution in [0.3, 0.4) is 0 Å². The topological polar surface area (TPSA) is 20.7 Å². The molecule has 0 aliphatic carbocycles. The molecule has 0 radical (unpaired) electrons. The zero-order valence-corrected chi connectivity index (χ0v) is 12.7. The quantitative estimate of drug-likeness (QED) is 0.459. The Bertz CT molecular complexity index is 885. The van der Waals surface area contributed by atoms with Crippen LogP contribution in [0.4, 0.5) is 13.2 Å². The van der Waals surface area contributed by atoms with Crippen LogP contribution >= 0.6 is 34.8 Å². The highest BCUT2D eigenvalue weighted by Crippen LogP contribution is 2.27. The van der Waals surface area contributed by atoms with Gasteiger partial charge in [-0.05, 0) is 65.1 Å². The van der Waals surface area contributed by atoms with Crippen LogP contribution in [0.15, 0.2) is 30.3 Å². The van der Waals surface area contributed by atoms with E-state index in [0.29, 0.717) is 14.8 Å². The molecule has 3 rings (SSSR count). The lowest BCUT2D eigenvalue weighted by atomic mass is 10.2. The number of H-pyrrole nitrogens is 1. The van der Waals surface area contributed by atoms with E-state index in [1.807, 2.05) is 22.6 Å². The van der Waals surface area contributed by atoms with Crippen molar-refractivity contribution < 1.29 is 13.2 Å². The molecule has 0 aliphatic heterocycles. The molecule has 0 saturated carbocycles. The molecule has 7 heteroatoms. The molecule has 102 valence electrons. The number of halogens is 4. The lowest BCUT2D eigenvalue weighted by molar-refractivity contribution is 0.514. The van der Waals surface area contributed by atoms with Crippen molar-refractivity contribution in [3.8, 4) is 5.69 Å². The number of aromatic amines is 1. The number of nitrogens with zero attached hydrogens (tertiary/aromatic N) is 1. The Morgan fingerprint density at radius 3 is 2.55 bits per heavy atom. The summed E-state index contributed by atoms with van der Waals surface area (Å²) in [5.74, 6) is -2.36. The molecular formula is C13H6F3IN2S. The number of aromatic nitrogens is 2. The van der Waals surface area contributed by atoms with Crippen LogP contribution in [0, 0.1) is 25.8 Å². The van der Waals surface area contributed by atoms with E-state index in [4.69, 9.17) is 12.2 Å². The van der Waals surface area contributed by atoms with Crippen LogP contribution < -0.4 is 0 Å². The summed E-state index contributed by atoms with van der Waals surface area (Å²) in [6.45, 7) is 0. The smallest absolute Gasteiger partial charge is 0.184 e. The predicted octanol–water partition coefficient (Wildman–Crippen LogP) is 4.71. The van der Waals surface area contributed by atoms with Crippen molar-refractivity contribution in [2.75, 3.05) is 0 Å². The number of fused-ring (bicyclic) bond motifs is 1. The highest BCUT2D eigenvalue weighted by molar-refractivity contribution is 14.1. The summed E-state index contributed by atoms with van der Waals surface area (Å²) >= 11 is 7.07. The Kier molecular flexibility index (Phi) is 3.33. The summed E-state index contributed by atoms with van der Waals surface area (Å²) < 4.78 is 42.7. The second-order valence-corrected chi connectivity index (χ2v) is 5.67. The van der Waals surface area contributed by atoms with E-state index < -0.39 is 17.5 Å². The van der Waals surface area contributed by atoms with E-state index in [-0.39, 0.29) is 10.3 Å². The first-order valence-corrected chi connectivity index (χ1v) is 7.02. The average molecular weight is 406 g/mol. The Balaban J connectivity index is 2.44. The van der Waals surface area contributed by atoms with Gasteiger partial charge in [0.1, 0.15) is 11.3 Å². The van der Waals surface area contributed by atoms with Crippen molar-refractivity contribution in [3.05, 3.63) is 56.1 Å².